The van der Waals surface area contributed by atoms with E-state index < -0.39 is 23.5 Å². The number of Topliss-reactive ketones (excluding diaryl/α,β-unsaturated/α-hetero) is 1. The van der Waals surface area contributed by atoms with Crippen LogP contribution in [0.1, 0.15) is 53.5 Å². The number of oxazole rings is 1. The van der Waals surface area contributed by atoms with Gasteiger partial charge in [0.05, 0.1) is 31.3 Å². The van der Waals surface area contributed by atoms with E-state index in [2.05, 4.69) is 10.3 Å². The number of nitrogens with one attached hydrogen (secondary N) is 2. The van der Waals surface area contributed by atoms with Crippen molar-refractivity contribution in [3.05, 3.63) is 30.2 Å². The number of carbonyl (C=O) groups excluding carboxylic acids is 2. The van der Waals surface area contributed by atoms with E-state index in [1.165, 1.54) is 13.3 Å². The van der Waals surface area contributed by atoms with E-state index in [-0.39, 0.29) is 37.0 Å². The molecule has 1 aromatic heterocycles. The lowest BCUT2D eigenvalue weighted by molar-refractivity contribution is -0.170. The molecule has 3 atom stereocenters. The van der Waals surface area contributed by atoms with Crippen molar-refractivity contribution < 1.29 is 28.8 Å². The summed E-state index contributed by atoms with van der Waals surface area (Å²) in [7, 11) is 0. The second kappa shape index (κ2) is 12.8. The Morgan fingerprint density at radius 3 is 2.52 bits per heavy atom. The third-order valence-corrected chi connectivity index (χ3v) is 5.24. The molecule has 2 aromatic rings. The van der Waals surface area contributed by atoms with Gasteiger partial charge in [-0.3, -0.25) is 19.6 Å². The van der Waals surface area contributed by atoms with Gasteiger partial charge in [-0.05, 0) is 42.4 Å². The monoisotopic (exact) mass is 466 g/mol. The zero-order chi connectivity index (χ0) is 23.9. The minimum Gasteiger partial charge on any atom is -0.443 e. The number of hydrogen-bond acceptors (Lipinski definition) is 9. The van der Waals surface area contributed by atoms with Crippen molar-refractivity contribution in [2.24, 2.45) is 17.3 Å². The van der Waals surface area contributed by atoms with Gasteiger partial charge in [0, 0.05) is 0 Å². The fourth-order valence-electron chi connectivity index (χ4n) is 3.71. The molecule has 0 radical (unpaired) electrons. The molecular formula is C23H38N4O6. The molecule has 1 amide bonds. The number of nitrogens with zero attached hydrogens (tertiary/aromatic N) is 1. The van der Waals surface area contributed by atoms with E-state index >= 15 is 0 Å². The Bertz CT molecular complexity index is 892. The van der Waals surface area contributed by atoms with Gasteiger partial charge in [-0.2, -0.15) is 0 Å². The maximum Gasteiger partial charge on any atom is 0.226 e. The van der Waals surface area contributed by atoms with E-state index in [0.29, 0.717) is 17.5 Å². The second-order valence-corrected chi connectivity index (χ2v) is 9.56. The van der Waals surface area contributed by atoms with E-state index in [1.807, 2.05) is 46.8 Å². The van der Waals surface area contributed by atoms with E-state index in [1.54, 1.807) is 11.7 Å². The van der Waals surface area contributed by atoms with Crippen LogP contribution in [0.3, 0.4) is 0 Å². The first-order valence-electron chi connectivity index (χ1n) is 10.8. The van der Waals surface area contributed by atoms with Gasteiger partial charge in [-0.15, -0.1) is 0 Å². The van der Waals surface area contributed by atoms with Gasteiger partial charge in [0.1, 0.15) is 5.52 Å². The fraction of sp³-hybridized carbons (Fsp3) is 0.609. The van der Waals surface area contributed by atoms with Crippen molar-refractivity contribution in [2.75, 3.05) is 6.61 Å². The number of rotatable bonds is 12. The molecular weight excluding hydrogens is 428 g/mol. The molecule has 0 saturated heterocycles. The highest BCUT2D eigenvalue weighted by atomic mass is 16.8. The van der Waals surface area contributed by atoms with Crippen molar-refractivity contribution in [3.8, 4) is 0 Å². The summed E-state index contributed by atoms with van der Waals surface area (Å²) >= 11 is 0. The molecule has 1 heterocycles. The third kappa shape index (κ3) is 8.49. The molecule has 33 heavy (non-hydrogen) atoms. The second-order valence-electron chi connectivity index (χ2n) is 9.56. The molecule has 0 saturated carbocycles. The lowest BCUT2D eigenvalue weighted by atomic mass is 9.83. The normalized spacial score (nSPS) is 14.5. The van der Waals surface area contributed by atoms with Crippen LogP contribution in [-0.2, 0) is 25.8 Å². The predicted octanol–water partition coefficient (Wildman–Crippen LogP) is 3.57. The zero-order valence-corrected chi connectivity index (χ0v) is 20.4. The van der Waals surface area contributed by atoms with Crippen LogP contribution in [0.4, 0.5) is 0 Å². The number of ether oxygens (including phenoxy) is 1. The molecule has 6 N–H and O–H groups in total. The zero-order valence-electron chi connectivity index (χ0n) is 20.4. The van der Waals surface area contributed by atoms with Crippen LogP contribution >= 0.6 is 0 Å². The predicted molar refractivity (Wildman–Crippen MR) is 123 cm³/mol. The highest BCUT2D eigenvalue weighted by Gasteiger charge is 2.36. The smallest absolute Gasteiger partial charge is 0.226 e. The first kappa shape index (κ1) is 28.7. The van der Waals surface area contributed by atoms with Crippen molar-refractivity contribution in [1.29, 1.82) is 0 Å². The van der Waals surface area contributed by atoms with Crippen LogP contribution in [0.5, 0.6) is 0 Å². The van der Waals surface area contributed by atoms with E-state index in [9.17, 15) is 9.59 Å². The SMILES string of the molecule is CC(=O)[C@@H](NC(=O)[C@H](CC(C)C)C(CONO)OCc1ccc2ocnc2c1)C(C)(C)C.N. The highest BCUT2D eigenvalue weighted by molar-refractivity contribution is 5.89. The summed E-state index contributed by atoms with van der Waals surface area (Å²) in [5, 5.41) is 11.8. The van der Waals surface area contributed by atoms with Gasteiger partial charge in [-0.25, -0.2) is 4.98 Å². The number of hydrogen-bond donors (Lipinski definition) is 4. The minimum absolute atomic E-state index is 0. The molecule has 2 rings (SSSR count). The van der Waals surface area contributed by atoms with Crippen molar-refractivity contribution in [2.45, 2.75) is 66.7 Å². The largest absolute Gasteiger partial charge is 0.443 e. The quantitative estimate of drug-likeness (QED) is 0.343. The standard InChI is InChI=1S/C23H35N3O6.H3N/c1-14(2)9-17(22(28)25-21(15(3)27)23(4,5)6)20(12-32-26-29)30-11-16-7-8-19-18(10-16)24-13-31-19;/h7-8,10,13-14,17,20-21,26,29H,9,11-12H2,1-6H3,(H,25,28);1H3/t17-,20?,21-;/m1./s1. The first-order valence-corrected chi connectivity index (χ1v) is 10.8. The Morgan fingerprint density at radius 1 is 1.24 bits per heavy atom. The van der Waals surface area contributed by atoms with E-state index in [4.69, 9.17) is 19.2 Å². The number of carbonyl (C=O) groups is 2. The van der Waals surface area contributed by atoms with Crippen LogP contribution in [0.15, 0.2) is 29.0 Å². The molecule has 0 aliphatic heterocycles. The number of benzene rings is 1. The number of aromatic nitrogens is 1. The average Bonchev–Trinajstić information content (AvgIpc) is 3.17. The average molecular weight is 467 g/mol. The summed E-state index contributed by atoms with van der Waals surface area (Å²) in [5.41, 5.74) is 3.46. The Hall–Kier alpha value is -2.37. The van der Waals surface area contributed by atoms with Gasteiger partial charge in [-0.1, -0.05) is 46.3 Å². The van der Waals surface area contributed by atoms with Gasteiger partial charge in [0.25, 0.3) is 0 Å². The Morgan fingerprint density at radius 2 is 1.94 bits per heavy atom. The summed E-state index contributed by atoms with van der Waals surface area (Å²) in [6.45, 7) is 11.4. The van der Waals surface area contributed by atoms with Crippen molar-refractivity contribution >= 4 is 22.8 Å². The Labute approximate surface area is 194 Å². The van der Waals surface area contributed by atoms with Crippen LogP contribution in [-0.4, -0.2) is 40.6 Å². The maximum absolute atomic E-state index is 13.3. The molecule has 186 valence electrons. The van der Waals surface area contributed by atoms with Crippen LogP contribution in [0, 0.1) is 17.3 Å². The van der Waals surface area contributed by atoms with E-state index in [0.717, 1.165) is 5.56 Å². The molecule has 0 spiro atoms. The number of ketones is 1. The summed E-state index contributed by atoms with van der Waals surface area (Å²) in [6, 6.07) is 4.89. The summed E-state index contributed by atoms with van der Waals surface area (Å²) in [5.74, 6) is -0.799. The van der Waals surface area contributed by atoms with Gasteiger partial charge in [0.15, 0.2) is 17.8 Å². The molecule has 1 aromatic carbocycles. The molecule has 0 fully saturated rings. The third-order valence-electron chi connectivity index (χ3n) is 5.24. The van der Waals surface area contributed by atoms with Crippen molar-refractivity contribution in [1.82, 2.24) is 22.1 Å². The van der Waals surface area contributed by atoms with Crippen LogP contribution in [0.25, 0.3) is 11.1 Å². The minimum atomic E-state index is -0.669. The topological polar surface area (TPSA) is 158 Å². The van der Waals surface area contributed by atoms with Crippen molar-refractivity contribution in [3.63, 3.8) is 0 Å². The number of amides is 1. The molecule has 1 unspecified atom stereocenters. The Kier molecular flexibility index (Phi) is 11.1. The van der Waals surface area contributed by atoms with Crippen LogP contribution < -0.4 is 17.1 Å². The molecule has 0 aliphatic rings. The number of fused-ring (bicyclic) bond motifs is 1. The summed E-state index contributed by atoms with van der Waals surface area (Å²) < 4.78 is 11.3. The Balaban J connectivity index is 0.00000544. The molecule has 0 aliphatic carbocycles. The lowest BCUT2D eigenvalue weighted by Gasteiger charge is -2.33. The summed E-state index contributed by atoms with van der Waals surface area (Å²) in [6.07, 6.45) is 1.22. The summed E-state index contributed by atoms with van der Waals surface area (Å²) in [4.78, 5) is 34.6. The van der Waals surface area contributed by atoms with Gasteiger partial charge >= 0.3 is 0 Å². The van der Waals surface area contributed by atoms with Gasteiger partial charge in [0.2, 0.25) is 5.91 Å². The fourth-order valence-corrected chi connectivity index (χ4v) is 3.71. The van der Waals surface area contributed by atoms with Crippen LogP contribution in [0.2, 0.25) is 0 Å². The van der Waals surface area contributed by atoms with Gasteiger partial charge < -0.3 is 20.6 Å². The molecule has 0 bridgehead atoms. The lowest BCUT2D eigenvalue weighted by Crippen LogP contribution is -2.52. The molecule has 10 heteroatoms. The highest BCUT2D eigenvalue weighted by Crippen LogP contribution is 2.25. The first-order chi connectivity index (χ1) is 15.0. The maximum atomic E-state index is 13.3. The molecule has 10 nitrogen and oxygen atoms in total.